The van der Waals surface area contributed by atoms with E-state index < -0.39 is 0 Å². The van der Waals surface area contributed by atoms with Crippen molar-refractivity contribution in [3.8, 4) is 0 Å². The third-order valence-electron chi connectivity index (χ3n) is 2.17. The third-order valence-corrected chi connectivity index (χ3v) is 2.17. The van der Waals surface area contributed by atoms with Crippen molar-refractivity contribution >= 4 is 5.91 Å². The number of aryl methyl sites for hydroxylation is 1. The summed E-state index contributed by atoms with van der Waals surface area (Å²) < 4.78 is 0. The second-order valence-electron chi connectivity index (χ2n) is 3.80. The van der Waals surface area contributed by atoms with E-state index in [2.05, 4.69) is 24.1 Å². The zero-order valence-electron chi connectivity index (χ0n) is 9.27. The Labute approximate surface area is 84.9 Å². The Kier molecular flexibility index (Phi) is 3.33. The number of amides is 1. The Morgan fingerprint density at radius 2 is 2.21 bits per heavy atom. The first-order chi connectivity index (χ1) is 6.56. The molecule has 1 aromatic rings. The van der Waals surface area contributed by atoms with E-state index in [9.17, 15) is 4.79 Å². The molecule has 0 radical (unpaired) electrons. The van der Waals surface area contributed by atoms with E-state index in [1.165, 1.54) is 0 Å². The van der Waals surface area contributed by atoms with E-state index in [-0.39, 0.29) is 5.91 Å². The van der Waals surface area contributed by atoms with Crippen molar-refractivity contribution in [2.75, 3.05) is 6.54 Å². The third kappa shape index (κ3) is 2.16. The first kappa shape index (κ1) is 10.8. The molecule has 0 aliphatic rings. The molecular weight excluding hydrogens is 176 g/mol. The van der Waals surface area contributed by atoms with Crippen LogP contribution in [0.2, 0.25) is 0 Å². The van der Waals surface area contributed by atoms with Gasteiger partial charge >= 0.3 is 0 Å². The summed E-state index contributed by atoms with van der Waals surface area (Å²) in [5.41, 5.74) is 2.84. The van der Waals surface area contributed by atoms with Crippen LogP contribution in [0.1, 0.15) is 48.4 Å². The summed E-state index contributed by atoms with van der Waals surface area (Å²) in [7, 11) is 0. The molecule has 0 aliphatic carbocycles. The van der Waals surface area contributed by atoms with Crippen LogP contribution in [-0.4, -0.2) is 17.4 Å². The van der Waals surface area contributed by atoms with Gasteiger partial charge in [0.1, 0.15) is 5.69 Å². The van der Waals surface area contributed by atoms with Crippen LogP contribution in [-0.2, 0) is 0 Å². The fourth-order valence-electron chi connectivity index (χ4n) is 1.50. The van der Waals surface area contributed by atoms with E-state index >= 15 is 0 Å². The van der Waals surface area contributed by atoms with Crippen molar-refractivity contribution in [2.45, 2.75) is 33.6 Å². The van der Waals surface area contributed by atoms with Crippen LogP contribution in [0.25, 0.3) is 0 Å². The lowest BCUT2D eigenvalue weighted by molar-refractivity contribution is 0.0950. The van der Waals surface area contributed by atoms with Gasteiger partial charge < -0.3 is 10.3 Å². The van der Waals surface area contributed by atoms with Gasteiger partial charge in [0.2, 0.25) is 0 Å². The van der Waals surface area contributed by atoms with E-state index in [4.69, 9.17) is 0 Å². The van der Waals surface area contributed by atoms with Crippen molar-refractivity contribution in [1.29, 1.82) is 0 Å². The highest BCUT2D eigenvalue weighted by molar-refractivity contribution is 5.94. The van der Waals surface area contributed by atoms with E-state index in [1.807, 2.05) is 19.9 Å². The topological polar surface area (TPSA) is 44.9 Å². The second-order valence-corrected chi connectivity index (χ2v) is 3.80. The molecule has 0 atom stereocenters. The van der Waals surface area contributed by atoms with Gasteiger partial charge in [0, 0.05) is 12.2 Å². The molecule has 0 spiro atoms. The Bertz CT molecular complexity index is 326. The minimum atomic E-state index is -0.00991. The molecule has 3 nitrogen and oxygen atoms in total. The summed E-state index contributed by atoms with van der Waals surface area (Å²) in [6, 6.07) is 2.04. The highest BCUT2D eigenvalue weighted by atomic mass is 16.1. The molecular formula is C11H18N2O. The molecule has 2 N–H and O–H groups in total. The minimum Gasteiger partial charge on any atom is -0.354 e. The van der Waals surface area contributed by atoms with Gasteiger partial charge in [0.25, 0.3) is 5.91 Å². The maximum absolute atomic E-state index is 11.6. The fraction of sp³-hybridized carbons (Fsp3) is 0.545. The molecule has 14 heavy (non-hydrogen) atoms. The number of nitrogens with one attached hydrogen (secondary N) is 2. The molecule has 0 aromatic carbocycles. The van der Waals surface area contributed by atoms with Crippen LogP contribution in [0.3, 0.4) is 0 Å². The zero-order valence-corrected chi connectivity index (χ0v) is 9.27. The fourth-order valence-corrected chi connectivity index (χ4v) is 1.50. The number of hydrogen-bond donors (Lipinski definition) is 2. The molecule has 0 unspecified atom stereocenters. The molecule has 0 aliphatic heterocycles. The van der Waals surface area contributed by atoms with Gasteiger partial charge in [-0.05, 0) is 31.4 Å². The van der Waals surface area contributed by atoms with Crippen LogP contribution < -0.4 is 5.32 Å². The Hall–Kier alpha value is -1.25. The molecule has 1 amide bonds. The molecule has 78 valence electrons. The summed E-state index contributed by atoms with van der Waals surface area (Å²) in [6.45, 7) is 8.72. The molecule has 1 aromatic heterocycles. The van der Waals surface area contributed by atoms with Gasteiger partial charge in [-0.3, -0.25) is 4.79 Å². The quantitative estimate of drug-likeness (QED) is 0.761. The van der Waals surface area contributed by atoms with Crippen molar-refractivity contribution in [2.24, 2.45) is 0 Å². The average Bonchev–Trinajstić information content (AvgIpc) is 2.48. The standard InChI is InChI=1S/C11H18N2O/c1-5-12-11(14)10-9(7(2)3)6-8(4)13-10/h6-7,13H,5H2,1-4H3,(H,12,14). The van der Waals surface area contributed by atoms with Gasteiger partial charge in [-0.2, -0.15) is 0 Å². The molecule has 1 heterocycles. The van der Waals surface area contributed by atoms with E-state index in [1.54, 1.807) is 0 Å². The SMILES string of the molecule is CCNC(=O)c1[nH]c(C)cc1C(C)C. The van der Waals surface area contributed by atoms with Gasteiger partial charge in [0.05, 0.1) is 0 Å². The monoisotopic (exact) mass is 194 g/mol. The largest absolute Gasteiger partial charge is 0.354 e. The number of carbonyl (C=O) groups is 1. The normalized spacial score (nSPS) is 10.6. The van der Waals surface area contributed by atoms with Crippen molar-refractivity contribution in [1.82, 2.24) is 10.3 Å². The van der Waals surface area contributed by atoms with E-state index in [0.29, 0.717) is 18.2 Å². The zero-order chi connectivity index (χ0) is 10.7. The Morgan fingerprint density at radius 3 is 2.71 bits per heavy atom. The molecule has 0 bridgehead atoms. The first-order valence-corrected chi connectivity index (χ1v) is 5.04. The van der Waals surface area contributed by atoms with Gasteiger partial charge in [0.15, 0.2) is 0 Å². The maximum atomic E-state index is 11.6. The lowest BCUT2D eigenvalue weighted by Gasteiger charge is -2.06. The summed E-state index contributed by atoms with van der Waals surface area (Å²) in [4.78, 5) is 14.7. The average molecular weight is 194 g/mol. The van der Waals surface area contributed by atoms with Gasteiger partial charge in [-0.25, -0.2) is 0 Å². The van der Waals surface area contributed by atoms with Gasteiger partial charge in [-0.15, -0.1) is 0 Å². The summed E-state index contributed by atoms with van der Waals surface area (Å²) in [5.74, 6) is 0.363. The highest BCUT2D eigenvalue weighted by Crippen LogP contribution is 2.20. The summed E-state index contributed by atoms with van der Waals surface area (Å²) in [6.07, 6.45) is 0. The first-order valence-electron chi connectivity index (χ1n) is 5.04. The van der Waals surface area contributed by atoms with Crippen LogP contribution >= 0.6 is 0 Å². The van der Waals surface area contributed by atoms with Gasteiger partial charge in [-0.1, -0.05) is 13.8 Å². The number of rotatable bonds is 3. The molecule has 3 heteroatoms. The predicted molar refractivity (Wildman–Crippen MR) is 57.6 cm³/mol. The number of hydrogen-bond acceptors (Lipinski definition) is 1. The molecule has 0 saturated heterocycles. The number of H-pyrrole nitrogens is 1. The number of aromatic amines is 1. The number of aromatic nitrogens is 1. The number of carbonyl (C=O) groups excluding carboxylic acids is 1. The molecule has 1 rings (SSSR count). The second kappa shape index (κ2) is 4.31. The van der Waals surface area contributed by atoms with Crippen molar-refractivity contribution < 1.29 is 4.79 Å². The van der Waals surface area contributed by atoms with Crippen LogP contribution in [0.5, 0.6) is 0 Å². The Balaban J connectivity index is 3.00. The smallest absolute Gasteiger partial charge is 0.267 e. The summed E-state index contributed by atoms with van der Waals surface area (Å²) in [5, 5.41) is 2.80. The van der Waals surface area contributed by atoms with Crippen molar-refractivity contribution in [3.05, 3.63) is 23.0 Å². The van der Waals surface area contributed by atoms with Crippen LogP contribution in [0, 0.1) is 6.92 Å². The lowest BCUT2D eigenvalue weighted by Crippen LogP contribution is -2.24. The Morgan fingerprint density at radius 1 is 1.57 bits per heavy atom. The lowest BCUT2D eigenvalue weighted by atomic mass is 10.0. The predicted octanol–water partition coefficient (Wildman–Crippen LogP) is 2.20. The molecule has 0 fully saturated rings. The maximum Gasteiger partial charge on any atom is 0.267 e. The minimum absolute atomic E-state index is 0.00991. The molecule has 0 saturated carbocycles. The van der Waals surface area contributed by atoms with E-state index in [0.717, 1.165) is 11.3 Å². The van der Waals surface area contributed by atoms with Crippen LogP contribution in [0.4, 0.5) is 0 Å². The highest BCUT2D eigenvalue weighted by Gasteiger charge is 2.15. The summed E-state index contributed by atoms with van der Waals surface area (Å²) >= 11 is 0. The van der Waals surface area contributed by atoms with Crippen molar-refractivity contribution in [3.63, 3.8) is 0 Å². The van der Waals surface area contributed by atoms with Crippen LogP contribution in [0.15, 0.2) is 6.07 Å².